The fraction of sp³-hybridized carbons (Fsp3) is 0.118. The van der Waals surface area contributed by atoms with Gasteiger partial charge in [-0.25, -0.2) is 0 Å². The number of carbonyl (C=O) groups is 1. The molecule has 0 amide bonds. The van der Waals surface area contributed by atoms with Gasteiger partial charge in [0.2, 0.25) is 0 Å². The van der Waals surface area contributed by atoms with Crippen LogP contribution in [0.25, 0.3) is 22.0 Å². The first-order chi connectivity index (χ1) is 9.65. The van der Waals surface area contributed by atoms with Gasteiger partial charge in [-0.05, 0) is 30.7 Å². The number of benzene rings is 2. The van der Waals surface area contributed by atoms with Gasteiger partial charge in [0.15, 0.2) is 0 Å². The van der Waals surface area contributed by atoms with Crippen LogP contribution in [0.4, 0.5) is 0 Å². The molecule has 1 N–H and O–H groups in total. The van der Waals surface area contributed by atoms with E-state index in [1.54, 1.807) is 6.07 Å². The number of aryl methyl sites for hydroxylation is 1. The van der Waals surface area contributed by atoms with E-state index in [2.05, 4.69) is 17.1 Å². The first kappa shape index (κ1) is 12.5. The lowest BCUT2D eigenvalue weighted by Crippen LogP contribution is -2.00. The Kier molecular flexibility index (Phi) is 3.03. The van der Waals surface area contributed by atoms with Gasteiger partial charge in [0.1, 0.15) is 5.75 Å². The van der Waals surface area contributed by atoms with Crippen LogP contribution in [0.15, 0.2) is 48.5 Å². The van der Waals surface area contributed by atoms with Gasteiger partial charge in [-0.1, -0.05) is 30.3 Å². The van der Waals surface area contributed by atoms with E-state index in [4.69, 9.17) is 4.74 Å². The van der Waals surface area contributed by atoms with Crippen molar-refractivity contribution in [3.63, 3.8) is 0 Å². The summed E-state index contributed by atoms with van der Waals surface area (Å²) in [5.74, 6) is 0.263. The van der Waals surface area contributed by atoms with Gasteiger partial charge < -0.3 is 9.72 Å². The third-order valence-electron chi connectivity index (χ3n) is 3.28. The van der Waals surface area contributed by atoms with Crippen LogP contribution >= 0.6 is 0 Å². The molecule has 3 heteroatoms. The number of aromatic nitrogens is 1. The Hall–Kier alpha value is -2.55. The molecule has 0 spiro atoms. The molecular weight excluding hydrogens is 250 g/mol. The third-order valence-corrected chi connectivity index (χ3v) is 3.28. The van der Waals surface area contributed by atoms with E-state index >= 15 is 0 Å². The number of nitrogens with one attached hydrogen (secondary N) is 1. The first-order valence-electron chi connectivity index (χ1n) is 6.51. The summed E-state index contributed by atoms with van der Waals surface area (Å²) in [5, 5.41) is 1.06. The molecule has 0 saturated heterocycles. The van der Waals surface area contributed by atoms with Crippen molar-refractivity contribution in [2.24, 2.45) is 0 Å². The van der Waals surface area contributed by atoms with Crippen molar-refractivity contribution < 1.29 is 9.53 Å². The van der Waals surface area contributed by atoms with Gasteiger partial charge >= 0.3 is 5.97 Å². The number of esters is 1. The molecule has 1 heterocycles. The van der Waals surface area contributed by atoms with Crippen LogP contribution in [0.5, 0.6) is 5.75 Å². The van der Waals surface area contributed by atoms with Gasteiger partial charge in [-0.15, -0.1) is 0 Å². The van der Waals surface area contributed by atoms with Crippen LogP contribution in [-0.4, -0.2) is 11.0 Å². The minimum Gasteiger partial charge on any atom is -0.427 e. The van der Waals surface area contributed by atoms with Crippen molar-refractivity contribution in [3.8, 4) is 16.9 Å². The van der Waals surface area contributed by atoms with Gasteiger partial charge in [0.25, 0.3) is 0 Å². The normalized spacial score (nSPS) is 10.7. The third kappa shape index (κ3) is 2.18. The fourth-order valence-corrected chi connectivity index (χ4v) is 2.51. The SMILES string of the molecule is CC(=O)Oc1ccc2[nH]c(C)c(-c3ccccc3)c2c1. The number of hydrogen-bond donors (Lipinski definition) is 1. The zero-order valence-electron chi connectivity index (χ0n) is 11.4. The molecule has 0 saturated carbocycles. The summed E-state index contributed by atoms with van der Waals surface area (Å²) in [7, 11) is 0. The van der Waals surface area contributed by atoms with E-state index < -0.39 is 0 Å². The van der Waals surface area contributed by atoms with E-state index in [1.165, 1.54) is 6.92 Å². The molecule has 0 fully saturated rings. The monoisotopic (exact) mass is 265 g/mol. The second kappa shape index (κ2) is 4.85. The van der Waals surface area contributed by atoms with Crippen LogP contribution in [0.2, 0.25) is 0 Å². The molecule has 0 aliphatic heterocycles. The highest BCUT2D eigenvalue weighted by Gasteiger charge is 2.11. The van der Waals surface area contributed by atoms with Crippen molar-refractivity contribution in [1.82, 2.24) is 4.98 Å². The lowest BCUT2D eigenvalue weighted by Gasteiger charge is -2.04. The quantitative estimate of drug-likeness (QED) is 0.560. The number of H-pyrrole nitrogens is 1. The van der Waals surface area contributed by atoms with Crippen molar-refractivity contribution in [3.05, 3.63) is 54.2 Å². The molecule has 0 unspecified atom stereocenters. The van der Waals surface area contributed by atoms with E-state index in [9.17, 15) is 4.79 Å². The predicted octanol–water partition coefficient (Wildman–Crippen LogP) is 4.07. The Morgan fingerprint density at radius 2 is 1.85 bits per heavy atom. The molecule has 3 nitrogen and oxygen atoms in total. The largest absolute Gasteiger partial charge is 0.427 e. The maximum absolute atomic E-state index is 11.1. The van der Waals surface area contributed by atoms with Gasteiger partial charge in [0.05, 0.1) is 0 Å². The lowest BCUT2D eigenvalue weighted by molar-refractivity contribution is -0.131. The van der Waals surface area contributed by atoms with Crippen LogP contribution in [-0.2, 0) is 4.79 Å². The Labute approximate surface area is 117 Å². The van der Waals surface area contributed by atoms with E-state index in [-0.39, 0.29) is 5.97 Å². The van der Waals surface area contributed by atoms with Crippen LogP contribution in [0.3, 0.4) is 0 Å². The molecule has 3 rings (SSSR count). The maximum atomic E-state index is 11.1. The molecule has 2 aromatic carbocycles. The van der Waals surface area contributed by atoms with E-state index in [0.29, 0.717) is 5.75 Å². The highest BCUT2D eigenvalue weighted by molar-refractivity contribution is 5.98. The van der Waals surface area contributed by atoms with Crippen LogP contribution < -0.4 is 4.74 Å². The van der Waals surface area contributed by atoms with Gasteiger partial charge in [0, 0.05) is 29.1 Å². The minimum absolute atomic E-state index is 0.308. The van der Waals surface area contributed by atoms with Crippen molar-refractivity contribution in [2.75, 3.05) is 0 Å². The number of fused-ring (bicyclic) bond motifs is 1. The molecule has 0 bridgehead atoms. The first-order valence-corrected chi connectivity index (χ1v) is 6.51. The second-order valence-electron chi connectivity index (χ2n) is 4.79. The Morgan fingerprint density at radius 3 is 2.55 bits per heavy atom. The summed E-state index contributed by atoms with van der Waals surface area (Å²) in [6.07, 6.45) is 0. The standard InChI is InChI=1S/C17H15NO2/c1-11-17(13-6-4-3-5-7-13)15-10-14(20-12(2)19)8-9-16(15)18-11/h3-10,18H,1-2H3. The summed E-state index contributed by atoms with van der Waals surface area (Å²) in [4.78, 5) is 14.4. The van der Waals surface area contributed by atoms with Crippen LogP contribution in [0, 0.1) is 6.92 Å². The van der Waals surface area contributed by atoms with Crippen molar-refractivity contribution in [2.45, 2.75) is 13.8 Å². The highest BCUT2D eigenvalue weighted by atomic mass is 16.5. The summed E-state index contributed by atoms with van der Waals surface area (Å²) in [5.41, 5.74) is 4.44. The molecule has 3 aromatic rings. The highest BCUT2D eigenvalue weighted by Crippen LogP contribution is 2.34. The minimum atomic E-state index is -0.308. The maximum Gasteiger partial charge on any atom is 0.308 e. The molecule has 100 valence electrons. The summed E-state index contributed by atoms with van der Waals surface area (Å²) in [6, 6.07) is 15.8. The van der Waals surface area contributed by atoms with Crippen molar-refractivity contribution in [1.29, 1.82) is 0 Å². The van der Waals surface area contributed by atoms with Gasteiger partial charge in [-0.3, -0.25) is 4.79 Å². The molecule has 0 aliphatic carbocycles. The number of hydrogen-bond acceptors (Lipinski definition) is 2. The lowest BCUT2D eigenvalue weighted by atomic mass is 10.0. The Balaban J connectivity index is 2.20. The van der Waals surface area contributed by atoms with E-state index in [0.717, 1.165) is 27.7 Å². The zero-order chi connectivity index (χ0) is 14.1. The van der Waals surface area contributed by atoms with E-state index in [1.807, 2.05) is 37.3 Å². The Bertz CT molecular complexity index is 772. The summed E-state index contributed by atoms with van der Waals surface area (Å²) >= 11 is 0. The van der Waals surface area contributed by atoms with Crippen LogP contribution in [0.1, 0.15) is 12.6 Å². The molecular formula is C17H15NO2. The zero-order valence-corrected chi connectivity index (χ0v) is 11.4. The molecule has 1 aromatic heterocycles. The molecule has 0 aliphatic rings. The smallest absolute Gasteiger partial charge is 0.308 e. The molecule has 20 heavy (non-hydrogen) atoms. The number of ether oxygens (including phenoxy) is 1. The van der Waals surface area contributed by atoms with Crippen molar-refractivity contribution >= 4 is 16.9 Å². The Morgan fingerprint density at radius 1 is 1.10 bits per heavy atom. The second-order valence-corrected chi connectivity index (χ2v) is 4.79. The number of aromatic amines is 1. The number of carbonyl (C=O) groups excluding carboxylic acids is 1. The average Bonchev–Trinajstić information content (AvgIpc) is 2.74. The average molecular weight is 265 g/mol. The topological polar surface area (TPSA) is 42.1 Å². The van der Waals surface area contributed by atoms with Gasteiger partial charge in [-0.2, -0.15) is 0 Å². The summed E-state index contributed by atoms with van der Waals surface area (Å²) in [6.45, 7) is 3.46. The molecule has 0 radical (unpaired) electrons. The predicted molar refractivity (Wildman–Crippen MR) is 79.8 cm³/mol. The fourth-order valence-electron chi connectivity index (χ4n) is 2.51. The molecule has 0 atom stereocenters. The number of rotatable bonds is 2. The summed E-state index contributed by atoms with van der Waals surface area (Å²) < 4.78 is 5.17.